The smallest absolute Gasteiger partial charge is 0.261 e. The van der Waals surface area contributed by atoms with Crippen molar-refractivity contribution in [3.05, 3.63) is 102 Å². The van der Waals surface area contributed by atoms with E-state index in [1.165, 1.54) is 35.2 Å². The van der Waals surface area contributed by atoms with Crippen molar-refractivity contribution in [2.45, 2.75) is 57.2 Å². The standard InChI is InChI=1S/C30H32F2N2O3/c31-24-15-17-26(18-16-24)37-21-29(35)34(20-23-11-7-8-14-27(23)32)28(19-22-9-3-1-4-10-22)30(36)33-25-12-5-2-6-13-25/h1,3-4,7-11,14-18,25,28H,2,5-6,12-13,19-21H2,(H,33,36)/t28-/m1/s1. The Balaban J connectivity index is 1.61. The lowest BCUT2D eigenvalue weighted by Gasteiger charge is -2.33. The molecule has 0 aliphatic heterocycles. The van der Waals surface area contributed by atoms with Crippen LogP contribution in [0.5, 0.6) is 5.75 Å². The van der Waals surface area contributed by atoms with Crippen molar-refractivity contribution < 1.29 is 23.1 Å². The van der Waals surface area contributed by atoms with Crippen LogP contribution in [0.1, 0.15) is 43.2 Å². The molecule has 0 heterocycles. The van der Waals surface area contributed by atoms with Crippen LogP contribution < -0.4 is 10.1 Å². The highest BCUT2D eigenvalue weighted by Gasteiger charge is 2.32. The van der Waals surface area contributed by atoms with Crippen LogP contribution in [0.25, 0.3) is 0 Å². The minimum absolute atomic E-state index is 0.0559. The van der Waals surface area contributed by atoms with Crippen LogP contribution in [0.4, 0.5) is 8.78 Å². The fourth-order valence-electron chi connectivity index (χ4n) is 4.67. The van der Waals surface area contributed by atoms with Crippen LogP contribution in [0.2, 0.25) is 0 Å². The van der Waals surface area contributed by atoms with Gasteiger partial charge < -0.3 is 15.0 Å². The van der Waals surface area contributed by atoms with Crippen molar-refractivity contribution in [1.82, 2.24) is 10.2 Å². The van der Waals surface area contributed by atoms with Gasteiger partial charge in [0, 0.05) is 24.6 Å². The molecule has 0 bridgehead atoms. The number of rotatable bonds is 10. The van der Waals surface area contributed by atoms with Crippen molar-refractivity contribution >= 4 is 11.8 Å². The fraction of sp³-hybridized carbons (Fsp3) is 0.333. The Morgan fingerprint density at radius 1 is 0.892 bits per heavy atom. The number of hydrogen-bond donors (Lipinski definition) is 1. The van der Waals surface area contributed by atoms with Crippen molar-refractivity contribution in [2.24, 2.45) is 0 Å². The number of nitrogens with one attached hydrogen (secondary N) is 1. The summed E-state index contributed by atoms with van der Waals surface area (Å²) in [6.45, 7) is -0.462. The molecule has 0 aromatic heterocycles. The van der Waals surface area contributed by atoms with Gasteiger partial charge in [0.05, 0.1) is 0 Å². The largest absolute Gasteiger partial charge is 0.484 e. The molecule has 1 atom stereocenters. The van der Waals surface area contributed by atoms with Crippen LogP contribution in [0.15, 0.2) is 78.9 Å². The fourth-order valence-corrected chi connectivity index (χ4v) is 4.67. The molecule has 1 fully saturated rings. The summed E-state index contributed by atoms with van der Waals surface area (Å²) in [6, 6.07) is 20.2. The molecule has 1 aliphatic carbocycles. The molecule has 3 aromatic carbocycles. The van der Waals surface area contributed by atoms with Gasteiger partial charge in [-0.05, 0) is 48.7 Å². The van der Waals surface area contributed by atoms with E-state index in [9.17, 15) is 18.4 Å². The first-order valence-corrected chi connectivity index (χ1v) is 12.7. The number of amides is 2. The highest BCUT2D eigenvalue weighted by molar-refractivity contribution is 5.88. The predicted octanol–water partition coefficient (Wildman–Crippen LogP) is 5.43. The van der Waals surface area contributed by atoms with E-state index in [0.29, 0.717) is 11.3 Å². The Morgan fingerprint density at radius 2 is 1.57 bits per heavy atom. The van der Waals surface area contributed by atoms with E-state index in [1.54, 1.807) is 18.2 Å². The summed E-state index contributed by atoms with van der Waals surface area (Å²) >= 11 is 0. The zero-order valence-electron chi connectivity index (χ0n) is 20.7. The van der Waals surface area contributed by atoms with E-state index < -0.39 is 23.6 Å². The molecule has 0 saturated heterocycles. The highest BCUT2D eigenvalue weighted by Crippen LogP contribution is 2.21. The lowest BCUT2D eigenvalue weighted by atomic mass is 9.94. The zero-order chi connectivity index (χ0) is 26.0. The second-order valence-corrected chi connectivity index (χ2v) is 9.40. The van der Waals surface area contributed by atoms with Crippen LogP contribution in [0.3, 0.4) is 0 Å². The summed E-state index contributed by atoms with van der Waals surface area (Å²) < 4.78 is 33.6. The molecule has 7 heteroatoms. The van der Waals surface area contributed by atoms with Crippen LogP contribution in [-0.4, -0.2) is 35.4 Å². The van der Waals surface area contributed by atoms with Crippen molar-refractivity contribution in [3.8, 4) is 5.75 Å². The molecule has 0 spiro atoms. The molecule has 0 unspecified atom stereocenters. The SMILES string of the molecule is O=C(NC1CCCCC1)[C@@H](Cc1ccccc1)N(Cc1ccccc1F)C(=O)COc1ccc(F)cc1. The molecule has 1 aliphatic rings. The summed E-state index contributed by atoms with van der Waals surface area (Å²) in [4.78, 5) is 28.6. The maximum Gasteiger partial charge on any atom is 0.261 e. The summed E-state index contributed by atoms with van der Waals surface area (Å²) in [7, 11) is 0. The second kappa shape index (κ2) is 13.0. The van der Waals surface area contributed by atoms with Gasteiger partial charge in [0.25, 0.3) is 5.91 Å². The minimum Gasteiger partial charge on any atom is -0.484 e. The first kappa shape index (κ1) is 26.3. The Kier molecular flexibility index (Phi) is 9.24. The Bertz CT molecular complexity index is 1160. The molecule has 2 amide bonds. The Hall–Kier alpha value is -3.74. The lowest BCUT2D eigenvalue weighted by Crippen LogP contribution is -2.53. The predicted molar refractivity (Wildman–Crippen MR) is 138 cm³/mol. The van der Waals surface area contributed by atoms with Gasteiger partial charge in [0.1, 0.15) is 23.4 Å². The van der Waals surface area contributed by atoms with Crippen molar-refractivity contribution in [2.75, 3.05) is 6.61 Å². The Labute approximate surface area is 216 Å². The molecular weight excluding hydrogens is 474 g/mol. The van der Waals surface area contributed by atoms with Crippen LogP contribution in [-0.2, 0) is 22.6 Å². The van der Waals surface area contributed by atoms with Gasteiger partial charge in [-0.1, -0.05) is 67.8 Å². The minimum atomic E-state index is -0.867. The first-order chi connectivity index (χ1) is 18.0. The summed E-state index contributed by atoms with van der Waals surface area (Å²) in [5.74, 6) is -1.27. The van der Waals surface area contributed by atoms with E-state index >= 15 is 0 Å². The number of benzene rings is 3. The van der Waals surface area contributed by atoms with E-state index in [-0.39, 0.29) is 31.5 Å². The van der Waals surface area contributed by atoms with Gasteiger partial charge in [0.2, 0.25) is 5.91 Å². The first-order valence-electron chi connectivity index (χ1n) is 12.7. The Morgan fingerprint density at radius 3 is 2.27 bits per heavy atom. The molecule has 5 nitrogen and oxygen atoms in total. The average Bonchev–Trinajstić information content (AvgIpc) is 2.92. The van der Waals surface area contributed by atoms with Gasteiger partial charge in [-0.15, -0.1) is 0 Å². The van der Waals surface area contributed by atoms with Gasteiger partial charge in [-0.25, -0.2) is 8.78 Å². The number of carbonyl (C=O) groups excluding carboxylic acids is 2. The number of carbonyl (C=O) groups is 2. The van der Waals surface area contributed by atoms with E-state index in [1.807, 2.05) is 30.3 Å². The summed E-state index contributed by atoms with van der Waals surface area (Å²) in [6.07, 6.45) is 5.33. The number of halogens is 2. The molecule has 0 radical (unpaired) electrons. The van der Waals surface area contributed by atoms with Crippen molar-refractivity contribution in [1.29, 1.82) is 0 Å². The molecule has 194 valence electrons. The maximum absolute atomic E-state index is 14.7. The third-order valence-corrected chi connectivity index (χ3v) is 6.70. The summed E-state index contributed by atoms with van der Waals surface area (Å²) in [5, 5.41) is 3.15. The molecule has 3 aromatic rings. The number of hydrogen-bond acceptors (Lipinski definition) is 3. The quantitative estimate of drug-likeness (QED) is 0.399. The topological polar surface area (TPSA) is 58.6 Å². The number of ether oxygens (including phenoxy) is 1. The second-order valence-electron chi connectivity index (χ2n) is 9.40. The third kappa shape index (κ3) is 7.62. The molecular formula is C30H32F2N2O3. The number of nitrogens with zero attached hydrogens (tertiary/aromatic N) is 1. The zero-order valence-corrected chi connectivity index (χ0v) is 20.7. The van der Waals surface area contributed by atoms with Gasteiger partial charge in [-0.2, -0.15) is 0 Å². The highest BCUT2D eigenvalue weighted by atomic mass is 19.1. The monoisotopic (exact) mass is 506 g/mol. The van der Waals surface area contributed by atoms with E-state index in [0.717, 1.165) is 37.7 Å². The van der Waals surface area contributed by atoms with Crippen LogP contribution in [0, 0.1) is 11.6 Å². The van der Waals surface area contributed by atoms with Gasteiger partial charge >= 0.3 is 0 Å². The van der Waals surface area contributed by atoms with Gasteiger partial charge in [0.15, 0.2) is 6.61 Å². The maximum atomic E-state index is 14.7. The molecule has 1 saturated carbocycles. The van der Waals surface area contributed by atoms with Crippen molar-refractivity contribution in [3.63, 3.8) is 0 Å². The van der Waals surface area contributed by atoms with Crippen LogP contribution >= 0.6 is 0 Å². The molecule has 37 heavy (non-hydrogen) atoms. The van der Waals surface area contributed by atoms with E-state index in [2.05, 4.69) is 5.32 Å². The normalized spacial score (nSPS) is 14.5. The van der Waals surface area contributed by atoms with E-state index in [4.69, 9.17) is 4.74 Å². The summed E-state index contributed by atoms with van der Waals surface area (Å²) in [5.41, 5.74) is 1.19. The molecule has 4 rings (SSSR count). The molecule has 1 N–H and O–H groups in total. The average molecular weight is 507 g/mol. The lowest BCUT2D eigenvalue weighted by molar-refractivity contribution is -0.143. The van der Waals surface area contributed by atoms with Gasteiger partial charge in [-0.3, -0.25) is 9.59 Å². The third-order valence-electron chi connectivity index (χ3n) is 6.70.